The van der Waals surface area contributed by atoms with Gasteiger partial charge in [0.1, 0.15) is 11.6 Å². The number of nitrogens with zero attached hydrogens (tertiary/aromatic N) is 1. The maximum Gasteiger partial charge on any atom is 0.226 e. The fraction of sp³-hybridized carbons (Fsp3) is 0.500. The third-order valence-corrected chi connectivity index (χ3v) is 6.86. The van der Waals surface area contributed by atoms with Gasteiger partial charge in [-0.05, 0) is 59.5 Å². The molecule has 0 spiro atoms. The lowest BCUT2D eigenvalue weighted by atomic mass is 9.92. The standard InChI is InChI=1S/C20H22BrF2N3O2S/c21-11-5-6-12(22)18(19(11)23)10-7-15-14(25-20(29)26(15)9-10)8-17(28)24-13-3-1-2-4-16(13)27/h5-6,10,13,16,27H,1-4,7-9H2,(H,24,28)(H,25,29)/t10-,13+,16+/m0/s1. The van der Waals surface area contributed by atoms with E-state index >= 15 is 0 Å². The van der Waals surface area contributed by atoms with Gasteiger partial charge in [-0.2, -0.15) is 0 Å². The quantitative estimate of drug-likeness (QED) is 0.454. The summed E-state index contributed by atoms with van der Waals surface area (Å²) in [5, 5.41) is 13.0. The van der Waals surface area contributed by atoms with E-state index in [1.807, 2.05) is 4.57 Å². The number of rotatable bonds is 4. The van der Waals surface area contributed by atoms with E-state index in [2.05, 4.69) is 26.2 Å². The van der Waals surface area contributed by atoms with Crippen LogP contribution in [0.2, 0.25) is 0 Å². The maximum absolute atomic E-state index is 14.5. The molecule has 0 radical (unpaired) electrons. The molecule has 1 amide bonds. The van der Waals surface area contributed by atoms with Crippen LogP contribution in [0, 0.1) is 16.4 Å². The van der Waals surface area contributed by atoms with Crippen LogP contribution in [0.5, 0.6) is 0 Å². The molecule has 4 rings (SSSR count). The Bertz CT molecular complexity index is 1010. The van der Waals surface area contributed by atoms with Gasteiger partial charge in [0.15, 0.2) is 4.77 Å². The molecule has 2 aliphatic rings. The van der Waals surface area contributed by atoms with E-state index in [0.29, 0.717) is 29.9 Å². The zero-order valence-electron chi connectivity index (χ0n) is 15.7. The number of amides is 1. The highest BCUT2D eigenvalue weighted by Crippen LogP contribution is 2.36. The van der Waals surface area contributed by atoms with E-state index in [1.54, 1.807) is 0 Å². The van der Waals surface area contributed by atoms with E-state index < -0.39 is 17.7 Å². The highest BCUT2D eigenvalue weighted by Gasteiger charge is 2.32. The summed E-state index contributed by atoms with van der Waals surface area (Å²) in [6.07, 6.45) is 3.38. The monoisotopic (exact) mass is 485 g/mol. The first-order valence-electron chi connectivity index (χ1n) is 9.76. The second kappa shape index (κ2) is 8.28. The van der Waals surface area contributed by atoms with E-state index in [9.17, 15) is 18.7 Å². The summed E-state index contributed by atoms with van der Waals surface area (Å²) in [6, 6.07) is 2.37. The Morgan fingerprint density at radius 2 is 2.10 bits per heavy atom. The number of aliphatic hydroxyl groups excluding tert-OH is 1. The number of benzene rings is 1. The fourth-order valence-electron chi connectivity index (χ4n) is 4.45. The molecule has 3 atom stereocenters. The number of aromatic nitrogens is 2. The molecule has 0 bridgehead atoms. The molecule has 1 aromatic heterocycles. The number of halogens is 3. The molecule has 1 aliphatic heterocycles. The van der Waals surface area contributed by atoms with Crippen molar-refractivity contribution in [3.63, 3.8) is 0 Å². The Morgan fingerprint density at radius 1 is 1.34 bits per heavy atom. The predicted octanol–water partition coefficient (Wildman–Crippen LogP) is 3.89. The Kier molecular flexibility index (Phi) is 5.90. The smallest absolute Gasteiger partial charge is 0.226 e. The zero-order valence-corrected chi connectivity index (χ0v) is 18.1. The third kappa shape index (κ3) is 4.04. The molecule has 9 heteroatoms. The molecule has 29 heavy (non-hydrogen) atoms. The maximum atomic E-state index is 14.5. The summed E-state index contributed by atoms with van der Waals surface area (Å²) < 4.78 is 31.3. The van der Waals surface area contributed by atoms with Crippen LogP contribution in [0.15, 0.2) is 16.6 Å². The largest absolute Gasteiger partial charge is 0.391 e. The van der Waals surface area contributed by atoms with Gasteiger partial charge in [0, 0.05) is 29.4 Å². The van der Waals surface area contributed by atoms with Crippen molar-refractivity contribution in [1.82, 2.24) is 14.9 Å². The Labute approximate surface area is 180 Å². The molecular formula is C20H22BrF2N3O2S. The Hall–Kier alpha value is -1.58. The van der Waals surface area contributed by atoms with Crippen LogP contribution in [0.25, 0.3) is 0 Å². The summed E-state index contributed by atoms with van der Waals surface area (Å²) in [4.78, 5) is 15.6. The van der Waals surface area contributed by atoms with Gasteiger partial charge in [-0.15, -0.1) is 0 Å². The number of carbonyl (C=O) groups excluding carboxylic acids is 1. The number of hydrogen-bond donors (Lipinski definition) is 3. The van der Waals surface area contributed by atoms with E-state index in [0.717, 1.165) is 25.0 Å². The molecular weight excluding hydrogens is 464 g/mol. The first-order chi connectivity index (χ1) is 13.8. The molecule has 2 aromatic rings. The summed E-state index contributed by atoms with van der Waals surface area (Å²) in [5.74, 6) is -1.76. The summed E-state index contributed by atoms with van der Waals surface area (Å²) in [6.45, 7) is 0.359. The summed E-state index contributed by atoms with van der Waals surface area (Å²) in [5.41, 5.74) is 1.51. The molecule has 1 aliphatic carbocycles. The van der Waals surface area contributed by atoms with Crippen LogP contribution in [0.3, 0.4) is 0 Å². The molecule has 3 N–H and O–H groups in total. The van der Waals surface area contributed by atoms with Crippen LogP contribution in [0.1, 0.15) is 48.6 Å². The van der Waals surface area contributed by atoms with E-state index in [4.69, 9.17) is 12.2 Å². The van der Waals surface area contributed by atoms with Crippen molar-refractivity contribution in [1.29, 1.82) is 0 Å². The van der Waals surface area contributed by atoms with Crippen molar-refractivity contribution >= 4 is 34.1 Å². The average Bonchev–Trinajstić information content (AvgIpc) is 3.22. The van der Waals surface area contributed by atoms with Gasteiger partial charge in [0.2, 0.25) is 5.91 Å². The molecule has 0 saturated heterocycles. The van der Waals surface area contributed by atoms with Crippen LogP contribution in [-0.2, 0) is 24.2 Å². The van der Waals surface area contributed by atoms with Crippen molar-refractivity contribution in [2.24, 2.45) is 0 Å². The van der Waals surface area contributed by atoms with Gasteiger partial charge in [0.05, 0.1) is 23.0 Å². The molecule has 1 saturated carbocycles. The predicted molar refractivity (Wildman–Crippen MR) is 110 cm³/mol. The van der Waals surface area contributed by atoms with Crippen LogP contribution >= 0.6 is 28.1 Å². The lowest BCUT2D eigenvalue weighted by Gasteiger charge is -2.28. The van der Waals surface area contributed by atoms with Crippen molar-refractivity contribution in [3.05, 3.63) is 50.0 Å². The molecule has 2 heterocycles. The Balaban J connectivity index is 1.52. The number of nitrogens with one attached hydrogen (secondary N) is 2. The topological polar surface area (TPSA) is 70.0 Å². The van der Waals surface area contributed by atoms with Gasteiger partial charge in [-0.1, -0.05) is 12.8 Å². The first kappa shape index (κ1) is 20.7. The SMILES string of the molecule is O=C(Cc1[nH]c(=S)n2c1C[C@H](c1c(F)ccc(Br)c1F)C2)N[C@@H]1CCCC[C@H]1O. The van der Waals surface area contributed by atoms with Crippen LogP contribution in [-0.4, -0.2) is 32.7 Å². The van der Waals surface area contributed by atoms with Gasteiger partial charge in [0.25, 0.3) is 0 Å². The van der Waals surface area contributed by atoms with Crippen LogP contribution < -0.4 is 5.32 Å². The number of aromatic amines is 1. The molecule has 1 aromatic carbocycles. The zero-order chi connectivity index (χ0) is 20.7. The summed E-state index contributed by atoms with van der Waals surface area (Å²) in [7, 11) is 0. The van der Waals surface area contributed by atoms with E-state index in [1.165, 1.54) is 12.1 Å². The first-order valence-corrected chi connectivity index (χ1v) is 11.0. The van der Waals surface area contributed by atoms with Crippen molar-refractivity contribution < 1.29 is 18.7 Å². The second-order valence-corrected chi connectivity index (χ2v) is 9.07. The molecule has 5 nitrogen and oxygen atoms in total. The number of fused-ring (bicyclic) bond motifs is 1. The number of hydrogen-bond acceptors (Lipinski definition) is 3. The minimum atomic E-state index is -0.596. The fourth-order valence-corrected chi connectivity index (χ4v) is 5.11. The highest BCUT2D eigenvalue weighted by atomic mass is 79.9. The van der Waals surface area contributed by atoms with Gasteiger partial charge in [-0.25, -0.2) is 8.78 Å². The van der Waals surface area contributed by atoms with Crippen molar-refractivity contribution in [2.45, 2.75) is 63.1 Å². The lowest BCUT2D eigenvalue weighted by Crippen LogP contribution is -2.45. The number of aliphatic hydroxyl groups is 1. The Morgan fingerprint density at radius 3 is 2.86 bits per heavy atom. The number of carbonyl (C=O) groups is 1. The van der Waals surface area contributed by atoms with Crippen molar-refractivity contribution in [3.8, 4) is 0 Å². The van der Waals surface area contributed by atoms with Gasteiger partial charge in [-0.3, -0.25) is 4.79 Å². The summed E-state index contributed by atoms with van der Waals surface area (Å²) >= 11 is 8.48. The number of H-pyrrole nitrogens is 1. The van der Waals surface area contributed by atoms with Crippen LogP contribution in [0.4, 0.5) is 8.78 Å². The average molecular weight is 486 g/mol. The number of imidazole rings is 1. The molecule has 1 fully saturated rings. The van der Waals surface area contributed by atoms with Gasteiger partial charge >= 0.3 is 0 Å². The highest BCUT2D eigenvalue weighted by molar-refractivity contribution is 9.10. The normalized spacial score (nSPS) is 23.8. The third-order valence-electron chi connectivity index (χ3n) is 5.92. The van der Waals surface area contributed by atoms with Crippen molar-refractivity contribution in [2.75, 3.05) is 0 Å². The lowest BCUT2D eigenvalue weighted by molar-refractivity contribution is -0.122. The second-order valence-electron chi connectivity index (χ2n) is 7.83. The van der Waals surface area contributed by atoms with E-state index in [-0.39, 0.29) is 34.3 Å². The minimum Gasteiger partial charge on any atom is -0.391 e. The molecule has 156 valence electrons. The van der Waals surface area contributed by atoms with Gasteiger partial charge < -0.3 is 20.0 Å². The minimum absolute atomic E-state index is 0.0400. The molecule has 0 unspecified atom stereocenters.